The number of fused-ring (bicyclic) bond motifs is 2. The Hall–Kier alpha value is -1.96. The Morgan fingerprint density at radius 1 is 1.12 bits per heavy atom. The molecule has 136 valence electrons. The third-order valence-electron chi connectivity index (χ3n) is 5.96. The molecule has 2 saturated heterocycles. The number of hydrogen-bond acceptors (Lipinski definition) is 4. The third-order valence-corrected chi connectivity index (χ3v) is 7.54. The van der Waals surface area contributed by atoms with E-state index in [2.05, 4.69) is 10.0 Å². The summed E-state index contributed by atoms with van der Waals surface area (Å²) in [6, 6.07) is 9.45. The fourth-order valence-corrected chi connectivity index (χ4v) is 6.24. The number of nitrogens with zero attached hydrogens (tertiary/aromatic N) is 1. The van der Waals surface area contributed by atoms with Gasteiger partial charge in [0.15, 0.2) is 0 Å². The summed E-state index contributed by atoms with van der Waals surface area (Å²) < 4.78 is 29.2. The maximum Gasteiger partial charge on any atom is 0.258 e. The Kier molecular flexibility index (Phi) is 3.44. The predicted molar refractivity (Wildman–Crippen MR) is 100.0 cm³/mol. The summed E-state index contributed by atoms with van der Waals surface area (Å²) in [4.78, 5) is 14.2. The van der Waals surface area contributed by atoms with Gasteiger partial charge in [0.25, 0.3) is 5.91 Å². The zero-order valence-electron chi connectivity index (χ0n) is 14.5. The second kappa shape index (κ2) is 5.52. The Morgan fingerprint density at radius 3 is 2.58 bits per heavy atom. The fourth-order valence-electron chi connectivity index (χ4n) is 4.78. The highest BCUT2D eigenvalue weighted by Crippen LogP contribution is 2.39. The van der Waals surface area contributed by atoms with Crippen molar-refractivity contribution in [1.29, 1.82) is 0 Å². The minimum Gasteiger partial charge on any atom is -0.311 e. The summed E-state index contributed by atoms with van der Waals surface area (Å²) in [5.74, 6) is -0.0944. The second-order valence-corrected chi connectivity index (χ2v) is 9.29. The van der Waals surface area contributed by atoms with Crippen LogP contribution in [0.4, 0.5) is 5.69 Å². The molecule has 2 bridgehead atoms. The highest BCUT2D eigenvalue weighted by atomic mass is 32.2. The van der Waals surface area contributed by atoms with Gasteiger partial charge in [-0.1, -0.05) is 12.1 Å². The standard InChI is InChI=1S/C19H21N3O3S/c1-22-16-7-8-17(14-3-2-4-15(18(14)16)19(22)23)26(24,25)21-13-9-11-5-6-12(10-13)20-11/h2-4,7-8,11-13,20-21H,5-6,9-10H2,1H3. The molecule has 3 heterocycles. The Morgan fingerprint density at radius 2 is 1.85 bits per heavy atom. The predicted octanol–water partition coefficient (Wildman–Crippen LogP) is 1.99. The number of sulfonamides is 1. The van der Waals surface area contributed by atoms with Crippen molar-refractivity contribution in [3.8, 4) is 0 Å². The van der Waals surface area contributed by atoms with Crippen molar-refractivity contribution >= 4 is 32.4 Å². The van der Waals surface area contributed by atoms with Gasteiger partial charge < -0.3 is 10.2 Å². The first kappa shape index (κ1) is 16.2. The zero-order valence-corrected chi connectivity index (χ0v) is 15.3. The zero-order chi connectivity index (χ0) is 18.1. The number of piperidine rings is 1. The van der Waals surface area contributed by atoms with Crippen LogP contribution in [0.5, 0.6) is 0 Å². The monoisotopic (exact) mass is 371 g/mol. The summed E-state index contributed by atoms with van der Waals surface area (Å²) in [6.45, 7) is 0. The lowest BCUT2D eigenvalue weighted by Crippen LogP contribution is -2.47. The first-order chi connectivity index (χ1) is 12.4. The van der Waals surface area contributed by atoms with E-state index in [1.807, 2.05) is 0 Å². The maximum absolute atomic E-state index is 13.1. The molecule has 0 aromatic heterocycles. The van der Waals surface area contributed by atoms with Gasteiger partial charge in [0.1, 0.15) is 0 Å². The molecular formula is C19H21N3O3S. The summed E-state index contributed by atoms with van der Waals surface area (Å²) in [7, 11) is -1.94. The number of anilines is 1. The topological polar surface area (TPSA) is 78.5 Å². The summed E-state index contributed by atoms with van der Waals surface area (Å²) in [6.07, 6.45) is 3.91. The van der Waals surface area contributed by atoms with Gasteiger partial charge >= 0.3 is 0 Å². The van der Waals surface area contributed by atoms with E-state index >= 15 is 0 Å². The third kappa shape index (κ3) is 2.31. The maximum atomic E-state index is 13.1. The van der Waals surface area contributed by atoms with Crippen LogP contribution in [-0.4, -0.2) is 39.5 Å². The number of amides is 1. The van der Waals surface area contributed by atoms with Gasteiger partial charge in [-0.25, -0.2) is 13.1 Å². The second-order valence-electron chi connectivity index (χ2n) is 7.60. The smallest absolute Gasteiger partial charge is 0.258 e. The van der Waals surface area contributed by atoms with Crippen molar-refractivity contribution in [3.05, 3.63) is 35.9 Å². The SMILES string of the molecule is CN1C(=O)c2cccc3c(S(=O)(=O)NC4CC5CCC(C4)N5)ccc1c23. The molecule has 0 aliphatic carbocycles. The van der Waals surface area contributed by atoms with Gasteiger partial charge in [-0.05, 0) is 43.9 Å². The Balaban J connectivity index is 1.56. The summed E-state index contributed by atoms with van der Waals surface area (Å²) in [5, 5.41) is 4.87. The summed E-state index contributed by atoms with van der Waals surface area (Å²) in [5.41, 5.74) is 1.33. The average Bonchev–Trinajstić information content (AvgIpc) is 3.08. The van der Waals surface area contributed by atoms with E-state index in [0.29, 0.717) is 23.0 Å². The lowest BCUT2D eigenvalue weighted by Gasteiger charge is -2.29. The molecule has 2 aromatic rings. The molecular weight excluding hydrogens is 350 g/mol. The molecule has 3 aliphatic heterocycles. The molecule has 0 saturated carbocycles. The van der Waals surface area contributed by atoms with Crippen LogP contribution in [-0.2, 0) is 10.0 Å². The molecule has 2 atom stereocenters. The number of hydrogen-bond donors (Lipinski definition) is 2. The highest BCUT2D eigenvalue weighted by molar-refractivity contribution is 7.89. The minimum absolute atomic E-state index is 0.0360. The van der Waals surface area contributed by atoms with Gasteiger partial charge in [-0.3, -0.25) is 4.79 Å². The van der Waals surface area contributed by atoms with E-state index in [4.69, 9.17) is 0 Å². The first-order valence-corrected chi connectivity index (χ1v) is 10.5. The van der Waals surface area contributed by atoms with Crippen molar-refractivity contribution in [2.45, 2.75) is 48.7 Å². The van der Waals surface area contributed by atoms with E-state index in [1.165, 1.54) is 0 Å². The van der Waals surface area contributed by atoms with E-state index in [1.54, 1.807) is 42.3 Å². The number of nitrogens with one attached hydrogen (secondary N) is 2. The van der Waals surface area contributed by atoms with Crippen LogP contribution in [0.25, 0.3) is 10.8 Å². The van der Waals surface area contributed by atoms with Gasteiger partial charge in [0, 0.05) is 41.5 Å². The average molecular weight is 371 g/mol. The fraction of sp³-hybridized carbons (Fsp3) is 0.421. The van der Waals surface area contributed by atoms with Crippen molar-refractivity contribution in [1.82, 2.24) is 10.0 Å². The molecule has 2 N–H and O–H groups in total. The molecule has 5 rings (SSSR count). The van der Waals surface area contributed by atoms with Crippen molar-refractivity contribution in [2.24, 2.45) is 0 Å². The van der Waals surface area contributed by atoms with Crippen LogP contribution < -0.4 is 14.9 Å². The largest absolute Gasteiger partial charge is 0.311 e. The number of carbonyl (C=O) groups is 1. The first-order valence-electron chi connectivity index (χ1n) is 9.06. The van der Waals surface area contributed by atoms with Crippen LogP contribution in [0.1, 0.15) is 36.0 Å². The quantitative estimate of drug-likeness (QED) is 0.865. The van der Waals surface area contributed by atoms with Crippen LogP contribution in [0.3, 0.4) is 0 Å². The van der Waals surface area contributed by atoms with Gasteiger partial charge in [0.2, 0.25) is 10.0 Å². The molecule has 0 spiro atoms. The summed E-state index contributed by atoms with van der Waals surface area (Å²) >= 11 is 0. The van der Waals surface area contributed by atoms with Crippen molar-refractivity contribution < 1.29 is 13.2 Å². The molecule has 26 heavy (non-hydrogen) atoms. The van der Waals surface area contributed by atoms with Crippen molar-refractivity contribution in [2.75, 3.05) is 11.9 Å². The van der Waals surface area contributed by atoms with Gasteiger partial charge in [0.05, 0.1) is 10.6 Å². The number of carbonyl (C=O) groups excluding carboxylic acids is 1. The van der Waals surface area contributed by atoms with E-state index in [-0.39, 0.29) is 16.8 Å². The molecule has 3 aliphatic rings. The lowest BCUT2D eigenvalue weighted by molar-refractivity contribution is 0.0999. The van der Waals surface area contributed by atoms with Crippen LogP contribution >= 0.6 is 0 Å². The van der Waals surface area contributed by atoms with E-state index in [9.17, 15) is 13.2 Å². The van der Waals surface area contributed by atoms with Crippen molar-refractivity contribution in [3.63, 3.8) is 0 Å². The molecule has 2 fully saturated rings. The Bertz CT molecular complexity index is 1020. The normalized spacial score (nSPS) is 27.5. The van der Waals surface area contributed by atoms with E-state index < -0.39 is 10.0 Å². The highest BCUT2D eigenvalue weighted by Gasteiger charge is 2.36. The minimum atomic E-state index is -3.65. The Labute approximate surface area is 152 Å². The van der Waals surface area contributed by atoms with E-state index in [0.717, 1.165) is 36.8 Å². The molecule has 0 radical (unpaired) electrons. The molecule has 1 amide bonds. The molecule has 6 nitrogen and oxygen atoms in total. The van der Waals surface area contributed by atoms with Crippen LogP contribution in [0, 0.1) is 0 Å². The number of benzene rings is 2. The van der Waals surface area contributed by atoms with Crippen LogP contribution in [0.2, 0.25) is 0 Å². The number of rotatable bonds is 3. The molecule has 2 aromatic carbocycles. The van der Waals surface area contributed by atoms with Gasteiger partial charge in [-0.15, -0.1) is 0 Å². The van der Waals surface area contributed by atoms with Crippen LogP contribution in [0.15, 0.2) is 35.2 Å². The molecule has 2 unspecified atom stereocenters. The lowest BCUT2D eigenvalue weighted by atomic mass is 10.0. The molecule has 7 heteroatoms. The van der Waals surface area contributed by atoms with Gasteiger partial charge in [-0.2, -0.15) is 0 Å².